The first-order valence-electron chi connectivity index (χ1n) is 9.11. The standard InChI is InChI=1S/C24H17N3O/c28-24(22-14-25-23-12-6-5-11-20(22)23)27-26-15-21-18-9-3-1-7-16(18)13-17-8-2-4-10-19(17)21/h1-15,25H,(H,27,28)/b26-15+. The number of hydrogen-bond donors (Lipinski definition) is 2. The molecule has 0 aliphatic heterocycles. The van der Waals surface area contributed by atoms with Gasteiger partial charge < -0.3 is 4.98 Å². The van der Waals surface area contributed by atoms with Crippen molar-refractivity contribution >= 4 is 44.6 Å². The molecular formula is C24H17N3O. The van der Waals surface area contributed by atoms with Gasteiger partial charge in [0.2, 0.25) is 0 Å². The van der Waals surface area contributed by atoms with Crippen molar-refractivity contribution in [2.24, 2.45) is 5.10 Å². The number of amides is 1. The van der Waals surface area contributed by atoms with Crippen molar-refractivity contribution in [1.29, 1.82) is 0 Å². The number of aromatic amines is 1. The lowest BCUT2D eigenvalue weighted by atomic mass is 9.97. The van der Waals surface area contributed by atoms with E-state index in [1.165, 1.54) is 0 Å². The molecule has 0 radical (unpaired) electrons. The zero-order valence-electron chi connectivity index (χ0n) is 15.0. The first-order valence-corrected chi connectivity index (χ1v) is 9.11. The fourth-order valence-electron chi connectivity index (χ4n) is 3.66. The van der Waals surface area contributed by atoms with E-state index < -0.39 is 0 Å². The van der Waals surface area contributed by atoms with Crippen LogP contribution in [0.5, 0.6) is 0 Å². The highest BCUT2D eigenvalue weighted by atomic mass is 16.2. The summed E-state index contributed by atoms with van der Waals surface area (Å²) in [5.74, 6) is -0.238. The Hall–Kier alpha value is -3.92. The lowest BCUT2D eigenvalue weighted by molar-refractivity contribution is 0.0957. The number of rotatable bonds is 3. The molecule has 1 amide bonds. The molecule has 4 nitrogen and oxygen atoms in total. The van der Waals surface area contributed by atoms with Crippen LogP contribution >= 0.6 is 0 Å². The lowest BCUT2D eigenvalue weighted by Crippen LogP contribution is -2.17. The molecule has 1 aromatic heterocycles. The van der Waals surface area contributed by atoms with Gasteiger partial charge in [0.05, 0.1) is 11.8 Å². The molecule has 0 saturated carbocycles. The van der Waals surface area contributed by atoms with Crippen molar-refractivity contribution in [1.82, 2.24) is 10.4 Å². The third kappa shape index (κ3) is 2.72. The van der Waals surface area contributed by atoms with Crippen molar-refractivity contribution in [3.63, 3.8) is 0 Å². The number of nitrogens with zero attached hydrogens (tertiary/aromatic N) is 1. The van der Waals surface area contributed by atoms with Gasteiger partial charge in [-0.2, -0.15) is 5.10 Å². The molecule has 0 aliphatic carbocycles. The Kier molecular flexibility index (Phi) is 3.87. The van der Waals surface area contributed by atoms with Crippen LogP contribution < -0.4 is 5.43 Å². The predicted octanol–water partition coefficient (Wildman–Crippen LogP) is 5.24. The highest BCUT2D eigenvalue weighted by molar-refractivity contribution is 6.14. The summed E-state index contributed by atoms with van der Waals surface area (Å²) in [6, 6.07) is 26.3. The molecule has 2 N–H and O–H groups in total. The molecule has 0 saturated heterocycles. The van der Waals surface area contributed by atoms with E-state index in [4.69, 9.17) is 0 Å². The van der Waals surface area contributed by atoms with Crippen molar-refractivity contribution < 1.29 is 4.79 Å². The molecule has 0 bridgehead atoms. The fourth-order valence-corrected chi connectivity index (χ4v) is 3.66. The fraction of sp³-hybridized carbons (Fsp3) is 0. The summed E-state index contributed by atoms with van der Waals surface area (Å²) < 4.78 is 0. The second-order valence-corrected chi connectivity index (χ2v) is 6.68. The molecule has 134 valence electrons. The number of aromatic nitrogens is 1. The number of hydrazone groups is 1. The molecule has 0 atom stereocenters. The van der Waals surface area contributed by atoms with Crippen LogP contribution in [-0.2, 0) is 0 Å². The summed E-state index contributed by atoms with van der Waals surface area (Å²) in [6.07, 6.45) is 3.44. The third-order valence-electron chi connectivity index (χ3n) is 5.01. The molecule has 5 aromatic rings. The maximum atomic E-state index is 12.6. The van der Waals surface area contributed by atoms with Gasteiger partial charge in [-0.3, -0.25) is 4.79 Å². The van der Waals surface area contributed by atoms with Gasteiger partial charge in [0.15, 0.2) is 0 Å². The van der Waals surface area contributed by atoms with E-state index in [2.05, 4.69) is 45.8 Å². The van der Waals surface area contributed by atoms with Crippen molar-refractivity contribution in [2.75, 3.05) is 0 Å². The first kappa shape index (κ1) is 16.3. The first-order chi connectivity index (χ1) is 13.8. The highest BCUT2D eigenvalue weighted by Gasteiger charge is 2.11. The predicted molar refractivity (Wildman–Crippen MR) is 115 cm³/mol. The summed E-state index contributed by atoms with van der Waals surface area (Å²) in [4.78, 5) is 15.7. The Morgan fingerprint density at radius 2 is 1.43 bits per heavy atom. The Morgan fingerprint density at radius 1 is 0.821 bits per heavy atom. The van der Waals surface area contributed by atoms with Gasteiger partial charge in [0, 0.05) is 22.7 Å². The minimum absolute atomic E-state index is 0.238. The average Bonchev–Trinajstić information content (AvgIpc) is 3.17. The lowest BCUT2D eigenvalue weighted by Gasteiger charge is -2.07. The van der Waals surface area contributed by atoms with Crippen molar-refractivity contribution in [3.8, 4) is 0 Å². The number of H-pyrrole nitrogens is 1. The van der Waals surface area contributed by atoms with Crippen LogP contribution in [0.25, 0.3) is 32.4 Å². The monoisotopic (exact) mass is 363 g/mol. The number of nitrogens with one attached hydrogen (secondary N) is 2. The van der Waals surface area contributed by atoms with Gasteiger partial charge in [0.1, 0.15) is 0 Å². The summed E-state index contributed by atoms with van der Waals surface area (Å²) in [5.41, 5.74) is 5.17. The topological polar surface area (TPSA) is 57.2 Å². The molecule has 0 spiro atoms. The molecule has 4 aromatic carbocycles. The zero-order valence-corrected chi connectivity index (χ0v) is 15.0. The van der Waals surface area contributed by atoms with Gasteiger partial charge in [0.25, 0.3) is 5.91 Å². The van der Waals surface area contributed by atoms with Crippen LogP contribution in [0.4, 0.5) is 0 Å². The van der Waals surface area contributed by atoms with E-state index in [1.807, 2.05) is 48.5 Å². The maximum absolute atomic E-state index is 12.6. The quantitative estimate of drug-likeness (QED) is 0.257. The Labute approximate surface area is 161 Å². The van der Waals surface area contributed by atoms with E-state index >= 15 is 0 Å². The number of hydrogen-bond acceptors (Lipinski definition) is 2. The van der Waals surface area contributed by atoms with E-state index in [-0.39, 0.29) is 5.91 Å². The van der Waals surface area contributed by atoms with Crippen molar-refractivity contribution in [2.45, 2.75) is 0 Å². The van der Waals surface area contributed by atoms with Gasteiger partial charge >= 0.3 is 0 Å². The van der Waals surface area contributed by atoms with E-state index in [1.54, 1.807) is 12.4 Å². The second-order valence-electron chi connectivity index (χ2n) is 6.68. The summed E-state index contributed by atoms with van der Waals surface area (Å²) in [5, 5.41) is 9.64. The SMILES string of the molecule is O=C(N/N=C/c1c2ccccc2cc2ccccc12)c1c[nH]c2ccccc12. The van der Waals surface area contributed by atoms with E-state index in [0.29, 0.717) is 5.56 Å². The molecular weight excluding hydrogens is 346 g/mol. The van der Waals surface area contributed by atoms with Gasteiger partial charge in [-0.05, 0) is 33.7 Å². The number of para-hydroxylation sites is 1. The van der Waals surface area contributed by atoms with Gasteiger partial charge in [-0.15, -0.1) is 0 Å². The summed E-state index contributed by atoms with van der Waals surface area (Å²) in [6.45, 7) is 0. The van der Waals surface area contributed by atoms with Crippen LogP contribution in [0.1, 0.15) is 15.9 Å². The van der Waals surface area contributed by atoms with Crippen LogP contribution in [0.2, 0.25) is 0 Å². The molecule has 0 unspecified atom stereocenters. The molecule has 0 aliphatic rings. The number of fused-ring (bicyclic) bond motifs is 3. The average molecular weight is 363 g/mol. The van der Waals surface area contributed by atoms with Gasteiger partial charge in [-0.1, -0.05) is 66.7 Å². The normalized spacial score (nSPS) is 11.6. The molecule has 5 rings (SSSR count). The Bertz CT molecular complexity index is 1310. The largest absolute Gasteiger partial charge is 0.360 e. The molecule has 4 heteroatoms. The Balaban J connectivity index is 1.52. The maximum Gasteiger partial charge on any atom is 0.273 e. The minimum Gasteiger partial charge on any atom is -0.360 e. The summed E-state index contributed by atoms with van der Waals surface area (Å²) >= 11 is 0. The number of carbonyl (C=O) groups is 1. The summed E-state index contributed by atoms with van der Waals surface area (Å²) in [7, 11) is 0. The van der Waals surface area contributed by atoms with Crippen molar-refractivity contribution in [3.05, 3.63) is 96.2 Å². The van der Waals surface area contributed by atoms with E-state index in [0.717, 1.165) is 38.0 Å². The smallest absolute Gasteiger partial charge is 0.273 e. The Morgan fingerprint density at radius 3 is 2.14 bits per heavy atom. The molecule has 0 fully saturated rings. The van der Waals surface area contributed by atoms with Crippen LogP contribution in [-0.4, -0.2) is 17.1 Å². The zero-order chi connectivity index (χ0) is 18.9. The molecule has 28 heavy (non-hydrogen) atoms. The van der Waals surface area contributed by atoms with Gasteiger partial charge in [-0.25, -0.2) is 5.43 Å². The van der Waals surface area contributed by atoms with Crippen LogP contribution in [0.15, 0.2) is 90.2 Å². The highest BCUT2D eigenvalue weighted by Crippen LogP contribution is 2.27. The molecule has 1 heterocycles. The minimum atomic E-state index is -0.238. The second kappa shape index (κ2) is 6.67. The number of carbonyl (C=O) groups excluding carboxylic acids is 1. The van der Waals surface area contributed by atoms with Crippen LogP contribution in [0.3, 0.4) is 0 Å². The van der Waals surface area contributed by atoms with Crippen LogP contribution in [0, 0.1) is 0 Å². The third-order valence-corrected chi connectivity index (χ3v) is 5.01. The van der Waals surface area contributed by atoms with E-state index in [9.17, 15) is 4.79 Å². The number of benzene rings is 4.